The molecule has 3 aromatic carbocycles. The molecule has 1 atom stereocenters. The van der Waals surface area contributed by atoms with Gasteiger partial charge >= 0.3 is 0 Å². The Labute approximate surface area is 224 Å². The van der Waals surface area contributed by atoms with E-state index in [1.165, 1.54) is 16.8 Å². The van der Waals surface area contributed by atoms with Gasteiger partial charge in [0.2, 0.25) is 5.91 Å². The van der Waals surface area contributed by atoms with E-state index in [1.54, 1.807) is 0 Å². The Hall–Kier alpha value is -3.44. The molecule has 0 aromatic heterocycles. The minimum Gasteiger partial charge on any atom is -0.490 e. The van der Waals surface area contributed by atoms with E-state index in [2.05, 4.69) is 61.3 Å². The SMILES string of the molecule is CCOc1cc(/C=C/C23NC(=O)CCN2c2ccc(C)cc2C3(C)C)ccc1OCc1cccc(Cl)c1. The second kappa shape index (κ2) is 9.79. The number of rotatable bonds is 7. The van der Waals surface area contributed by atoms with Gasteiger partial charge in [-0.1, -0.05) is 67.4 Å². The highest BCUT2D eigenvalue weighted by Crippen LogP contribution is 2.52. The van der Waals surface area contributed by atoms with Crippen LogP contribution < -0.4 is 19.7 Å². The summed E-state index contributed by atoms with van der Waals surface area (Å²) in [5, 5.41) is 4.03. The van der Waals surface area contributed by atoms with E-state index < -0.39 is 5.66 Å². The molecule has 0 aliphatic carbocycles. The minimum atomic E-state index is -0.661. The first kappa shape index (κ1) is 25.2. The first-order valence-electron chi connectivity index (χ1n) is 12.8. The van der Waals surface area contributed by atoms with E-state index >= 15 is 0 Å². The van der Waals surface area contributed by atoms with Gasteiger partial charge in [0.15, 0.2) is 11.5 Å². The van der Waals surface area contributed by atoms with Crippen LogP contribution in [0.15, 0.2) is 66.7 Å². The topological polar surface area (TPSA) is 50.8 Å². The van der Waals surface area contributed by atoms with Crippen LogP contribution in [0.25, 0.3) is 6.08 Å². The average Bonchev–Trinajstić information content (AvgIpc) is 3.05. The lowest BCUT2D eigenvalue weighted by Gasteiger charge is -2.49. The van der Waals surface area contributed by atoms with Crippen LogP contribution >= 0.6 is 11.6 Å². The van der Waals surface area contributed by atoms with Gasteiger partial charge in [-0.3, -0.25) is 4.79 Å². The van der Waals surface area contributed by atoms with Crippen molar-refractivity contribution < 1.29 is 14.3 Å². The molecule has 2 aliphatic heterocycles. The molecule has 6 heteroatoms. The maximum absolute atomic E-state index is 12.7. The van der Waals surface area contributed by atoms with E-state index in [-0.39, 0.29) is 11.3 Å². The Bertz CT molecular complexity index is 1370. The zero-order valence-electron chi connectivity index (χ0n) is 21.8. The van der Waals surface area contributed by atoms with E-state index in [9.17, 15) is 4.79 Å². The molecule has 3 aromatic rings. The van der Waals surface area contributed by atoms with Gasteiger partial charge in [-0.05, 0) is 66.9 Å². The number of anilines is 1. The molecule has 1 unspecified atom stereocenters. The quantitative estimate of drug-likeness (QED) is 0.382. The highest BCUT2D eigenvalue weighted by molar-refractivity contribution is 6.30. The summed E-state index contributed by atoms with van der Waals surface area (Å²) in [5.74, 6) is 1.42. The predicted octanol–water partition coefficient (Wildman–Crippen LogP) is 6.65. The number of hydrogen-bond donors (Lipinski definition) is 1. The number of carbonyl (C=O) groups excluding carboxylic acids is 1. The van der Waals surface area contributed by atoms with Crippen LogP contribution in [0, 0.1) is 6.92 Å². The summed E-state index contributed by atoms with van der Waals surface area (Å²) in [5.41, 5.74) is 4.61. The maximum atomic E-state index is 12.7. The molecular weight excluding hydrogens is 484 g/mol. The van der Waals surface area contributed by atoms with Gasteiger partial charge in [-0.2, -0.15) is 0 Å². The third-order valence-corrected chi connectivity index (χ3v) is 7.69. The third-order valence-electron chi connectivity index (χ3n) is 7.46. The van der Waals surface area contributed by atoms with E-state index in [0.29, 0.717) is 42.7 Å². The van der Waals surface area contributed by atoms with Crippen LogP contribution in [0.2, 0.25) is 5.02 Å². The van der Waals surface area contributed by atoms with Gasteiger partial charge < -0.3 is 19.7 Å². The molecule has 2 heterocycles. The van der Waals surface area contributed by atoms with Gasteiger partial charge in [0.25, 0.3) is 0 Å². The van der Waals surface area contributed by atoms with Gasteiger partial charge in [-0.25, -0.2) is 0 Å². The van der Waals surface area contributed by atoms with Crippen LogP contribution in [0.1, 0.15) is 49.4 Å². The minimum absolute atomic E-state index is 0.0678. The van der Waals surface area contributed by atoms with Crippen molar-refractivity contribution in [3.8, 4) is 11.5 Å². The molecule has 1 N–H and O–H groups in total. The molecule has 5 nitrogen and oxygen atoms in total. The number of carbonyl (C=O) groups is 1. The van der Waals surface area contributed by atoms with Gasteiger partial charge in [0, 0.05) is 29.1 Å². The van der Waals surface area contributed by atoms with Crippen molar-refractivity contribution in [3.05, 3.63) is 94.0 Å². The van der Waals surface area contributed by atoms with Crippen LogP contribution in [0.4, 0.5) is 5.69 Å². The lowest BCUT2D eigenvalue weighted by molar-refractivity contribution is -0.124. The van der Waals surface area contributed by atoms with Crippen molar-refractivity contribution in [2.75, 3.05) is 18.1 Å². The molecule has 0 bridgehead atoms. The molecule has 2 aliphatic rings. The highest BCUT2D eigenvalue weighted by atomic mass is 35.5. The van der Waals surface area contributed by atoms with Crippen molar-refractivity contribution in [2.45, 2.75) is 51.8 Å². The smallest absolute Gasteiger partial charge is 0.223 e. The van der Waals surface area contributed by atoms with Gasteiger partial charge in [-0.15, -0.1) is 0 Å². The standard InChI is InChI=1S/C31H33ClN2O3/c1-5-36-28-19-22(10-12-27(28)37-20-23-7-6-8-24(32)18-23)13-15-31-30(3,4)25-17-21(2)9-11-26(25)34(31)16-14-29(35)33-31/h6-13,15,17-19H,5,14,16,20H2,1-4H3,(H,33,35)/b15-13+. The Morgan fingerprint density at radius 1 is 1.05 bits per heavy atom. The number of benzene rings is 3. The number of hydrogen-bond acceptors (Lipinski definition) is 4. The highest BCUT2D eigenvalue weighted by Gasteiger charge is 2.57. The normalized spacial score (nSPS) is 19.9. The van der Waals surface area contributed by atoms with Crippen molar-refractivity contribution in [1.82, 2.24) is 5.32 Å². The van der Waals surface area contributed by atoms with Crippen LogP contribution in [-0.2, 0) is 16.8 Å². The third kappa shape index (κ3) is 4.57. The van der Waals surface area contributed by atoms with Gasteiger partial charge in [0.05, 0.1) is 6.61 Å². The molecule has 1 amide bonds. The van der Waals surface area contributed by atoms with Crippen molar-refractivity contribution in [1.29, 1.82) is 0 Å². The molecule has 0 radical (unpaired) electrons. The number of halogens is 1. The lowest BCUT2D eigenvalue weighted by atomic mass is 9.74. The second-order valence-corrected chi connectivity index (χ2v) is 10.7. The fraction of sp³-hybridized carbons (Fsp3) is 0.323. The largest absolute Gasteiger partial charge is 0.490 e. The number of amides is 1. The summed E-state index contributed by atoms with van der Waals surface area (Å²) in [6.45, 7) is 10.1. The van der Waals surface area contributed by atoms with Crippen molar-refractivity contribution in [3.63, 3.8) is 0 Å². The molecular formula is C31H33ClN2O3. The summed E-state index contributed by atoms with van der Waals surface area (Å²) >= 11 is 6.11. The predicted molar refractivity (Wildman–Crippen MR) is 149 cm³/mol. The number of nitrogens with zero attached hydrogens (tertiary/aromatic N) is 1. The second-order valence-electron chi connectivity index (χ2n) is 10.3. The lowest BCUT2D eigenvalue weighted by Crippen LogP contribution is -2.68. The van der Waals surface area contributed by atoms with E-state index in [1.807, 2.05) is 49.4 Å². The van der Waals surface area contributed by atoms with Crippen LogP contribution in [0.3, 0.4) is 0 Å². The Balaban J connectivity index is 1.46. The fourth-order valence-corrected chi connectivity index (χ4v) is 5.70. The molecule has 0 saturated carbocycles. The summed E-state index contributed by atoms with van der Waals surface area (Å²) in [7, 11) is 0. The van der Waals surface area contributed by atoms with Crippen molar-refractivity contribution in [2.24, 2.45) is 0 Å². The average molecular weight is 517 g/mol. The summed E-state index contributed by atoms with van der Waals surface area (Å²) in [6.07, 6.45) is 4.69. The molecule has 1 saturated heterocycles. The molecule has 1 fully saturated rings. The zero-order chi connectivity index (χ0) is 26.2. The number of ether oxygens (including phenoxy) is 2. The molecule has 5 rings (SSSR count). The molecule has 0 spiro atoms. The van der Waals surface area contributed by atoms with Crippen LogP contribution in [-0.4, -0.2) is 24.7 Å². The Morgan fingerprint density at radius 2 is 1.89 bits per heavy atom. The maximum Gasteiger partial charge on any atom is 0.223 e. The number of nitrogens with one attached hydrogen (secondary N) is 1. The van der Waals surface area contributed by atoms with Crippen LogP contribution in [0.5, 0.6) is 11.5 Å². The molecule has 192 valence electrons. The first-order chi connectivity index (χ1) is 17.7. The number of fused-ring (bicyclic) bond motifs is 3. The van der Waals surface area contributed by atoms with E-state index in [4.69, 9.17) is 21.1 Å². The molecule has 37 heavy (non-hydrogen) atoms. The monoisotopic (exact) mass is 516 g/mol. The Morgan fingerprint density at radius 3 is 2.68 bits per heavy atom. The fourth-order valence-electron chi connectivity index (χ4n) is 5.49. The zero-order valence-corrected chi connectivity index (χ0v) is 22.6. The first-order valence-corrected chi connectivity index (χ1v) is 13.1. The Kier molecular flexibility index (Phi) is 6.67. The van der Waals surface area contributed by atoms with E-state index in [0.717, 1.165) is 11.1 Å². The summed E-state index contributed by atoms with van der Waals surface area (Å²) in [4.78, 5) is 15.0. The number of aryl methyl sites for hydroxylation is 1. The summed E-state index contributed by atoms with van der Waals surface area (Å²) < 4.78 is 12.0. The van der Waals surface area contributed by atoms with Crippen molar-refractivity contribution >= 4 is 29.3 Å². The van der Waals surface area contributed by atoms with Gasteiger partial charge in [0.1, 0.15) is 12.3 Å². The summed E-state index contributed by atoms with van der Waals surface area (Å²) in [6, 6.07) is 20.1.